The van der Waals surface area contributed by atoms with Gasteiger partial charge in [-0.3, -0.25) is 9.59 Å². The number of hydrogen-bond acceptors (Lipinski definition) is 4. The molecule has 1 heterocycles. The molecule has 1 N–H and O–H groups in total. The monoisotopic (exact) mass is 279 g/mol. The second-order valence-corrected chi connectivity index (χ2v) is 4.61. The standard InChI is InChI=1S/C17H13NO3/c19-15-11-21-16-9-5-4-8-13(16)17(20)14(15)10-18-12-6-2-1-3-7-12/h1-10,18H,11H2/b14-10+. The predicted octanol–water partition coefficient (Wildman–Crippen LogP) is 2.83. The van der Waals surface area contributed by atoms with Crippen molar-refractivity contribution >= 4 is 17.3 Å². The molecule has 3 rings (SSSR count). The fourth-order valence-corrected chi connectivity index (χ4v) is 2.11. The zero-order chi connectivity index (χ0) is 14.7. The Hall–Kier alpha value is -2.88. The van der Waals surface area contributed by atoms with Crippen LogP contribution < -0.4 is 10.1 Å². The smallest absolute Gasteiger partial charge is 0.205 e. The lowest BCUT2D eigenvalue weighted by Crippen LogP contribution is -2.16. The summed E-state index contributed by atoms with van der Waals surface area (Å²) in [5.74, 6) is -0.213. The third kappa shape index (κ3) is 2.69. The Morgan fingerprint density at radius 1 is 0.952 bits per heavy atom. The molecule has 0 atom stereocenters. The first kappa shape index (κ1) is 13.1. The summed E-state index contributed by atoms with van der Waals surface area (Å²) < 4.78 is 5.37. The molecular weight excluding hydrogens is 266 g/mol. The van der Waals surface area contributed by atoms with Crippen LogP contribution in [0.25, 0.3) is 0 Å². The van der Waals surface area contributed by atoms with Crippen LogP contribution in [0.2, 0.25) is 0 Å². The number of anilines is 1. The highest BCUT2D eigenvalue weighted by Crippen LogP contribution is 2.25. The molecule has 2 aromatic carbocycles. The number of fused-ring (bicyclic) bond motifs is 1. The first-order valence-corrected chi connectivity index (χ1v) is 6.57. The molecule has 1 aliphatic rings. The number of hydrogen-bond donors (Lipinski definition) is 1. The molecule has 0 amide bonds. The molecule has 2 aromatic rings. The number of rotatable bonds is 2. The molecule has 0 fully saturated rings. The number of carbonyl (C=O) groups is 2. The number of ketones is 2. The predicted molar refractivity (Wildman–Crippen MR) is 79.4 cm³/mol. The van der Waals surface area contributed by atoms with Crippen LogP contribution in [-0.4, -0.2) is 18.2 Å². The highest BCUT2D eigenvalue weighted by Gasteiger charge is 2.26. The molecule has 0 saturated heterocycles. The third-order valence-electron chi connectivity index (χ3n) is 3.19. The number of Topliss-reactive ketones (excluding diaryl/α,β-unsaturated/α-hetero) is 2. The molecule has 21 heavy (non-hydrogen) atoms. The van der Waals surface area contributed by atoms with E-state index in [0.717, 1.165) is 5.69 Å². The lowest BCUT2D eigenvalue weighted by Gasteiger charge is -2.04. The number of para-hydroxylation sites is 2. The van der Waals surface area contributed by atoms with Crippen molar-refractivity contribution in [3.8, 4) is 5.75 Å². The molecule has 0 saturated carbocycles. The maximum Gasteiger partial charge on any atom is 0.205 e. The summed E-state index contributed by atoms with van der Waals surface area (Å²) in [7, 11) is 0. The summed E-state index contributed by atoms with van der Waals surface area (Å²) in [6, 6.07) is 16.2. The molecule has 0 unspecified atom stereocenters. The van der Waals surface area contributed by atoms with Crippen molar-refractivity contribution in [2.45, 2.75) is 0 Å². The van der Waals surface area contributed by atoms with E-state index in [4.69, 9.17) is 4.74 Å². The largest absolute Gasteiger partial charge is 0.485 e. The van der Waals surface area contributed by atoms with Crippen LogP contribution in [0.4, 0.5) is 5.69 Å². The minimum absolute atomic E-state index is 0.101. The minimum Gasteiger partial charge on any atom is -0.485 e. The van der Waals surface area contributed by atoms with Gasteiger partial charge in [-0.05, 0) is 24.3 Å². The van der Waals surface area contributed by atoms with E-state index < -0.39 is 0 Å². The van der Waals surface area contributed by atoms with E-state index in [1.807, 2.05) is 30.3 Å². The minimum atomic E-state index is -0.334. The number of carbonyl (C=O) groups excluding carboxylic acids is 2. The van der Waals surface area contributed by atoms with E-state index in [9.17, 15) is 9.59 Å². The fourth-order valence-electron chi connectivity index (χ4n) is 2.11. The molecule has 4 heteroatoms. The van der Waals surface area contributed by atoms with Gasteiger partial charge in [0, 0.05) is 11.9 Å². The molecule has 104 valence electrons. The Kier molecular flexibility index (Phi) is 3.51. The van der Waals surface area contributed by atoms with Crippen LogP contribution in [0, 0.1) is 0 Å². The zero-order valence-electron chi connectivity index (χ0n) is 11.2. The first-order chi connectivity index (χ1) is 10.3. The van der Waals surface area contributed by atoms with Crippen molar-refractivity contribution in [1.29, 1.82) is 0 Å². The van der Waals surface area contributed by atoms with Gasteiger partial charge in [0.1, 0.15) is 5.75 Å². The van der Waals surface area contributed by atoms with Crippen molar-refractivity contribution < 1.29 is 14.3 Å². The van der Waals surface area contributed by atoms with Crippen LogP contribution in [-0.2, 0) is 4.79 Å². The lowest BCUT2D eigenvalue weighted by molar-refractivity contribution is -0.117. The third-order valence-corrected chi connectivity index (χ3v) is 3.19. The fraction of sp³-hybridized carbons (Fsp3) is 0.0588. The van der Waals surface area contributed by atoms with E-state index in [2.05, 4.69) is 5.32 Å². The van der Waals surface area contributed by atoms with Crippen molar-refractivity contribution in [1.82, 2.24) is 0 Å². The molecule has 0 radical (unpaired) electrons. The second-order valence-electron chi connectivity index (χ2n) is 4.61. The summed E-state index contributed by atoms with van der Waals surface area (Å²) in [6.45, 7) is -0.134. The Morgan fingerprint density at radius 3 is 2.48 bits per heavy atom. The number of nitrogens with one attached hydrogen (secondary N) is 1. The molecule has 0 spiro atoms. The van der Waals surface area contributed by atoms with Gasteiger partial charge in [-0.25, -0.2) is 0 Å². The summed E-state index contributed by atoms with van der Waals surface area (Å²) in [4.78, 5) is 24.5. The van der Waals surface area contributed by atoms with Gasteiger partial charge in [0.25, 0.3) is 0 Å². The van der Waals surface area contributed by atoms with Crippen LogP contribution in [0.5, 0.6) is 5.75 Å². The van der Waals surface area contributed by atoms with Gasteiger partial charge in [0.2, 0.25) is 11.6 Å². The lowest BCUT2D eigenvalue weighted by atomic mass is 10.0. The Balaban J connectivity index is 1.93. The molecule has 4 nitrogen and oxygen atoms in total. The van der Waals surface area contributed by atoms with E-state index in [1.54, 1.807) is 24.3 Å². The van der Waals surface area contributed by atoms with Crippen LogP contribution >= 0.6 is 0 Å². The van der Waals surface area contributed by atoms with E-state index in [-0.39, 0.29) is 23.7 Å². The normalized spacial score (nSPS) is 16.1. The van der Waals surface area contributed by atoms with Crippen LogP contribution in [0.15, 0.2) is 66.4 Å². The van der Waals surface area contributed by atoms with Gasteiger partial charge in [-0.1, -0.05) is 30.3 Å². The Labute approximate surface area is 122 Å². The maximum atomic E-state index is 12.5. The summed E-state index contributed by atoms with van der Waals surface area (Å²) in [5.41, 5.74) is 1.32. The molecular formula is C17H13NO3. The summed E-state index contributed by atoms with van der Waals surface area (Å²) >= 11 is 0. The summed E-state index contributed by atoms with van der Waals surface area (Å²) in [5, 5.41) is 2.97. The van der Waals surface area contributed by atoms with E-state index in [1.165, 1.54) is 6.20 Å². The SMILES string of the molecule is O=C1COc2ccccc2C(=O)/C1=C/Nc1ccccc1. The molecule has 0 aliphatic carbocycles. The van der Waals surface area contributed by atoms with Crippen molar-refractivity contribution in [3.63, 3.8) is 0 Å². The number of ether oxygens (including phenoxy) is 1. The van der Waals surface area contributed by atoms with Gasteiger partial charge in [-0.2, -0.15) is 0 Å². The molecule has 0 aromatic heterocycles. The van der Waals surface area contributed by atoms with Gasteiger partial charge in [0.05, 0.1) is 11.1 Å². The second kappa shape index (κ2) is 5.63. The zero-order valence-corrected chi connectivity index (χ0v) is 11.2. The molecule has 0 bridgehead atoms. The average molecular weight is 279 g/mol. The van der Waals surface area contributed by atoms with Gasteiger partial charge in [-0.15, -0.1) is 0 Å². The average Bonchev–Trinajstić information content (AvgIpc) is 2.65. The van der Waals surface area contributed by atoms with Crippen molar-refractivity contribution in [2.24, 2.45) is 0 Å². The van der Waals surface area contributed by atoms with Crippen LogP contribution in [0.1, 0.15) is 10.4 Å². The highest BCUT2D eigenvalue weighted by atomic mass is 16.5. The van der Waals surface area contributed by atoms with E-state index in [0.29, 0.717) is 11.3 Å². The number of benzene rings is 2. The van der Waals surface area contributed by atoms with Crippen LogP contribution in [0.3, 0.4) is 0 Å². The topological polar surface area (TPSA) is 55.4 Å². The maximum absolute atomic E-state index is 12.5. The first-order valence-electron chi connectivity index (χ1n) is 6.57. The quantitative estimate of drug-likeness (QED) is 0.678. The van der Waals surface area contributed by atoms with E-state index >= 15 is 0 Å². The molecule has 1 aliphatic heterocycles. The van der Waals surface area contributed by atoms with Gasteiger partial charge in [0.15, 0.2) is 6.61 Å². The van der Waals surface area contributed by atoms with Gasteiger partial charge < -0.3 is 10.1 Å². The van der Waals surface area contributed by atoms with Crippen molar-refractivity contribution in [2.75, 3.05) is 11.9 Å². The summed E-state index contributed by atoms with van der Waals surface area (Å²) in [6.07, 6.45) is 1.45. The van der Waals surface area contributed by atoms with Gasteiger partial charge >= 0.3 is 0 Å². The Bertz CT molecular complexity index is 720. The van der Waals surface area contributed by atoms with Crippen molar-refractivity contribution in [3.05, 3.63) is 71.9 Å². The Morgan fingerprint density at radius 2 is 1.67 bits per heavy atom. The highest BCUT2D eigenvalue weighted by molar-refractivity contribution is 6.28.